The van der Waals surface area contributed by atoms with E-state index in [0.717, 1.165) is 6.42 Å². The fourth-order valence-corrected chi connectivity index (χ4v) is 3.65. The van der Waals surface area contributed by atoms with Gasteiger partial charge in [0.25, 0.3) is 5.91 Å². The molecule has 1 saturated heterocycles. The molecular formula is C23H40N4O6. The van der Waals surface area contributed by atoms with Gasteiger partial charge >= 0.3 is 0 Å². The van der Waals surface area contributed by atoms with Crippen molar-refractivity contribution in [3.05, 3.63) is 18.2 Å². The van der Waals surface area contributed by atoms with Crippen molar-refractivity contribution in [1.82, 2.24) is 19.4 Å². The molecule has 2 rings (SSSR count). The topological polar surface area (TPSA) is 117 Å². The molecule has 1 fully saturated rings. The lowest BCUT2D eigenvalue weighted by Gasteiger charge is -2.33. The normalized spacial score (nSPS) is 24.0. The van der Waals surface area contributed by atoms with Crippen LogP contribution in [0.5, 0.6) is 0 Å². The number of nitrogens with zero attached hydrogens (tertiary/aromatic N) is 4. The highest BCUT2D eigenvalue weighted by Crippen LogP contribution is 2.13. The summed E-state index contributed by atoms with van der Waals surface area (Å²) in [5.41, 5.74) is 0.482. The molecule has 0 saturated carbocycles. The van der Waals surface area contributed by atoms with Crippen molar-refractivity contribution in [2.24, 2.45) is 13.0 Å². The summed E-state index contributed by atoms with van der Waals surface area (Å²) in [5, 5.41) is 21.2. The summed E-state index contributed by atoms with van der Waals surface area (Å²) in [6.45, 7) is 7.65. The van der Waals surface area contributed by atoms with E-state index in [4.69, 9.17) is 9.47 Å². The molecule has 188 valence electrons. The first-order chi connectivity index (χ1) is 15.7. The third kappa shape index (κ3) is 8.69. The molecular weight excluding hydrogens is 428 g/mol. The van der Waals surface area contributed by atoms with Crippen molar-refractivity contribution < 1.29 is 29.3 Å². The molecule has 2 heterocycles. The molecule has 0 spiro atoms. The van der Waals surface area contributed by atoms with Gasteiger partial charge in [-0.15, -0.1) is 0 Å². The smallest absolute Gasteiger partial charge is 0.272 e. The monoisotopic (exact) mass is 468 g/mol. The van der Waals surface area contributed by atoms with Crippen molar-refractivity contribution in [2.45, 2.75) is 58.3 Å². The minimum atomic E-state index is -1.20. The maximum atomic E-state index is 13.1. The zero-order chi connectivity index (χ0) is 24.4. The van der Waals surface area contributed by atoms with E-state index in [2.05, 4.69) is 18.8 Å². The van der Waals surface area contributed by atoms with Crippen LogP contribution < -0.4 is 0 Å². The number of rotatable bonds is 5. The molecule has 10 nitrogen and oxygen atoms in total. The molecule has 1 aliphatic heterocycles. The van der Waals surface area contributed by atoms with E-state index in [0.29, 0.717) is 57.3 Å². The second kappa shape index (κ2) is 13.6. The molecule has 1 aromatic rings. The molecule has 1 aliphatic rings. The van der Waals surface area contributed by atoms with Crippen LogP contribution in [0.2, 0.25) is 0 Å². The van der Waals surface area contributed by atoms with E-state index in [-0.39, 0.29) is 25.0 Å². The van der Waals surface area contributed by atoms with E-state index in [1.807, 2.05) is 0 Å². The maximum Gasteiger partial charge on any atom is 0.272 e. The molecule has 1 aromatic heterocycles. The second-order valence-electron chi connectivity index (χ2n) is 9.08. The van der Waals surface area contributed by atoms with Gasteiger partial charge in [-0.2, -0.15) is 0 Å². The first-order valence-corrected chi connectivity index (χ1v) is 11.8. The summed E-state index contributed by atoms with van der Waals surface area (Å²) in [6, 6.07) is 0. The van der Waals surface area contributed by atoms with Crippen LogP contribution in [0, 0.1) is 5.92 Å². The standard InChI is InChI=1S/C23H40N4O6/c1-17(2)7-12-33-21-14-27(18(3)28)10-9-26(23(31)19-13-24-16-25(19)4)8-5-6-11-32-15-20(29)22(21)30/h13,16-17,20-22,29-30H,5-12,14-15H2,1-4H3/t20-,21-,22-/m1/s1. The van der Waals surface area contributed by atoms with Crippen molar-refractivity contribution >= 4 is 11.8 Å². The number of carbonyl (C=O) groups excluding carboxylic acids is 2. The quantitative estimate of drug-likeness (QED) is 0.652. The average molecular weight is 469 g/mol. The minimum Gasteiger partial charge on any atom is -0.388 e. The Balaban J connectivity index is 2.18. The van der Waals surface area contributed by atoms with Crippen LogP contribution in [-0.2, 0) is 21.3 Å². The molecule has 0 aromatic carbocycles. The predicted octanol–water partition coefficient (Wildman–Crippen LogP) is 0.674. The number of hydrogen-bond acceptors (Lipinski definition) is 7. The SMILES string of the molecule is CC(=O)N1CCN(C(=O)c2cncn2C)CCCCOC[C@@H](O)[C@@H](O)[C@H](OCCC(C)C)C1. The van der Waals surface area contributed by atoms with Gasteiger partial charge in [-0.3, -0.25) is 9.59 Å². The highest BCUT2D eigenvalue weighted by Gasteiger charge is 2.31. The van der Waals surface area contributed by atoms with Gasteiger partial charge in [-0.25, -0.2) is 4.98 Å². The van der Waals surface area contributed by atoms with Gasteiger partial charge in [0.05, 0.1) is 19.1 Å². The van der Waals surface area contributed by atoms with Crippen LogP contribution in [0.25, 0.3) is 0 Å². The van der Waals surface area contributed by atoms with Gasteiger partial charge in [0.15, 0.2) is 0 Å². The van der Waals surface area contributed by atoms with Crippen LogP contribution in [0.1, 0.15) is 50.5 Å². The minimum absolute atomic E-state index is 0.0249. The van der Waals surface area contributed by atoms with Crippen molar-refractivity contribution in [2.75, 3.05) is 46.0 Å². The first kappa shape index (κ1) is 27.2. The van der Waals surface area contributed by atoms with Crippen LogP contribution in [0.15, 0.2) is 12.5 Å². The molecule has 10 heteroatoms. The van der Waals surface area contributed by atoms with Crippen LogP contribution in [-0.4, -0.2) is 106 Å². The Morgan fingerprint density at radius 3 is 2.58 bits per heavy atom. The fraction of sp³-hybridized carbons (Fsp3) is 0.783. The Bertz CT molecular complexity index is 740. The lowest BCUT2D eigenvalue weighted by Crippen LogP contribution is -2.50. The average Bonchev–Trinajstić information content (AvgIpc) is 3.19. The number of carbonyl (C=O) groups is 2. The Hall–Kier alpha value is -2.01. The Kier molecular flexibility index (Phi) is 11.3. The predicted molar refractivity (Wildman–Crippen MR) is 123 cm³/mol. The number of hydrogen-bond donors (Lipinski definition) is 2. The van der Waals surface area contributed by atoms with Crippen molar-refractivity contribution in [3.8, 4) is 0 Å². The third-order valence-corrected chi connectivity index (χ3v) is 5.87. The molecule has 2 amide bonds. The molecule has 0 bridgehead atoms. The van der Waals surface area contributed by atoms with E-state index in [1.54, 1.807) is 27.7 Å². The van der Waals surface area contributed by atoms with Crippen LogP contribution >= 0.6 is 0 Å². The summed E-state index contributed by atoms with van der Waals surface area (Å²) in [7, 11) is 1.77. The Labute approximate surface area is 196 Å². The lowest BCUT2D eigenvalue weighted by molar-refractivity contribution is -0.140. The van der Waals surface area contributed by atoms with Crippen LogP contribution in [0.4, 0.5) is 0 Å². The summed E-state index contributed by atoms with van der Waals surface area (Å²) >= 11 is 0. The van der Waals surface area contributed by atoms with Crippen molar-refractivity contribution in [1.29, 1.82) is 0 Å². The molecule has 0 aliphatic carbocycles. The van der Waals surface area contributed by atoms with E-state index in [1.165, 1.54) is 13.1 Å². The third-order valence-electron chi connectivity index (χ3n) is 5.87. The summed E-state index contributed by atoms with van der Waals surface area (Å²) in [4.78, 5) is 32.8. The molecule has 0 unspecified atom stereocenters. The molecule has 2 N–H and O–H groups in total. The molecule has 33 heavy (non-hydrogen) atoms. The van der Waals surface area contributed by atoms with Crippen molar-refractivity contribution in [3.63, 3.8) is 0 Å². The molecule has 3 atom stereocenters. The Morgan fingerprint density at radius 1 is 1.21 bits per heavy atom. The van der Waals surface area contributed by atoms with Gasteiger partial charge < -0.3 is 34.1 Å². The maximum absolute atomic E-state index is 13.1. The van der Waals surface area contributed by atoms with E-state index in [9.17, 15) is 19.8 Å². The second-order valence-corrected chi connectivity index (χ2v) is 9.08. The zero-order valence-corrected chi connectivity index (χ0v) is 20.4. The van der Waals surface area contributed by atoms with E-state index >= 15 is 0 Å². The number of ether oxygens (including phenoxy) is 2. The number of aliphatic hydroxyl groups excluding tert-OH is 2. The summed E-state index contributed by atoms with van der Waals surface area (Å²) in [5.74, 6) is 0.0847. The Morgan fingerprint density at radius 2 is 1.94 bits per heavy atom. The highest BCUT2D eigenvalue weighted by molar-refractivity contribution is 5.92. The number of aryl methyl sites for hydroxylation is 1. The van der Waals surface area contributed by atoms with Gasteiger partial charge in [-0.1, -0.05) is 13.8 Å². The van der Waals surface area contributed by atoms with Crippen LogP contribution in [0.3, 0.4) is 0 Å². The number of amides is 2. The number of aromatic nitrogens is 2. The summed E-state index contributed by atoms with van der Waals surface area (Å²) < 4.78 is 13.1. The molecule has 0 radical (unpaired) electrons. The first-order valence-electron chi connectivity index (χ1n) is 11.8. The largest absolute Gasteiger partial charge is 0.388 e. The lowest BCUT2D eigenvalue weighted by atomic mass is 10.1. The van der Waals surface area contributed by atoms with E-state index < -0.39 is 18.3 Å². The van der Waals surface area contributed by atoms with Gasteiger partial charge in [0.1, 0.15) is 24.0 Å². The van der Waals surface area contributed by atoms with Gasteiger partial charge in [0.2, 0.25) is 5.91 Å². The highest BCUT2D eigenvalue weighted by atomic mass is 16.5. The van der Waals surface area contributed by atoms with Gasteiger partial charge in [0, 0.05) is 53.4 Å². The number of imidazole rings is 1. The summed E-state index contributed by atoms with van der Waals surface area (Å²) in [6.07, 6.45) is 2.24. The fourth-order valence-electron chi connectivity index (χ4n) is 3.65. The number of aliphatic hydroxyl groups is 2. The van der Waals surface area contributed by atoms with Gasteiger partial charge in [-0.05, 0) is 25.2 Å². The zero-order valence-electron chi connectivity index (χ0n) is 20.4.